The summed E-state index contributed by atoms with van der Waals surface area (Å²) >= 11 is 0. The number of nitrogens with zero attached hydrogens (tertiary/aromatic N) is 1. The Morgan fingerprint density at radius 3 is 2.29 bits per heavy atom. The standard InChI is InChI=1S/C32H35F2N/c1-2-3-4-5-23-6-8-24(9-7-23)10-11-25-14-19-30-28(20-25)18-17-27(32(30)34)15-12-26-13-16-29(22-35)31(33)21-26/h2-3,13-14,16-21,23-24H,4-12,15H2,1H3/b3-2+. The van der Waals surface area contributed by atoms with Gasteiger partial charge in [-0.15, -0.1) is 0 Å². The molecule has 1 aliphatic carbocycles. The van der Waals surface area contributed by atoms with E-state index in [1.54, 1.807) is 6.07 Å². The summed E-state index contributed by atoms with van der Waals surface area (Å²) < 4.78 is 29.1. The van der Waals surface area contributed by atoms with Crippen molar-refractivity contribution in [1.82, 2.24) is 0 Å². The average Bonchev–Trinajstić information content (AvgIpc) is 2.88. The average molecular weight is 472 g/mol. The zero-order valence-corrected chi connectivity index (χ0v) is 20.7. The van der Waals surface area contributed by atoms with E-state index in [-0.39, 0.29) is 11.4 Å². The fraction of sp³-hybridized carbons (Fsp3) is 0.406. The second kappa shape index (κ2) is 12.1. The molecule has 0 atom stereocenters. The number of fused-ring (bicyclic) bond motifs is 1. The molecule has 0 aliphatic heterocycles. The summed E-state index contributed by atoms with van der Waals surface area (Å²) in [6.45, 7) is 2.10. The SMILES string of the molecule is C/C=C/CCC1CCC(CCc2ccc3c(F)c(CCc4ccc(C#N)c(F)c4)ccc3c2)CC1. The summed E-state index contributed by atoms with van der Waals surface area (Å²) in [6, 6.07) is 16.4. The molecule has 0 aromatic heterocycles. The summed E-state index contributed by atoms with van der Waals surface area (Å²) in [5, 5.41) is 10.5. The molecule has 0 bridgehead atoms. The summed E-state index contributed by atoms with van der Waals surface area (Å²) in [5.74, 6) is 1.01. The minimum Gasteiger partial charge on any atom is -0.206 e. The number of hydrogen-bond acceptors (Lipinski definition) is 1. The highest BCUT2D eigenvalue weighted by Gasteiger charge is 2.20. The third-order valence-electron chi connectivity index (χ3n) is 7.72. The first-order chi connectivity index (χ1) is 17.1. The second-order valence-corrected chi connectivity index (χ2v) is 10.1. The zero-order chi connectivity index (χ0) is 24.6. The lowest BCUT2D eigenvalue weighted by molar-refractivity contribution is 0.254. The van der Waals surface area contributed by atoms with E-state index in [9.17, 15) is 4.39 Å². The van der Waals surface area contributed by atoms with E-state index >= 15 is 4.39 Å². The molecule has 3 heteroatoms. The Morgan fingerprint density at radius 1 is 0.857 bits per heavy atom. The van der Waals surface area contributed by atoms with E-state index in [1.807, 2.05) is 24.3 Å². The molecule has 1 aliphatic rings. The molecular weight excluding hydrogens is 436 g/mol. The number of hydrogen-bond donors (Lipinski definition) is 0. The molecule has 0 spiro atoms. The maximum atomic E-state index is 15.2. The molecular formula is C32H35F2N. The van der Waals surface area contributed by atoms with Crippen LogP contribution in [0.15, 0.2) is 60.7 Å². The van der Waals surface area contributed by atoms with Crippen LogP contribution in [0.5, 0.6) is 0 Å². The molecule has 0 saturated heterocycles. The van der Waals surface area contributed by atoms with Gasteiger partial charge in [-0.3, -0.25) is 0 Å². The number of rotatable bonds is 9. The van der Waals surface area contributed by atoms with Crippen molar-refractivity contribution in [2.45, 2.75) is 71.1 Å². The van der Waals surface area contributed by atoms with Crippen molar-refractivity contribution >= 4 is 10.8 Å². The number of aryl methyl sites for hydroxylation is 3. The third-order valence-corrected chi connectivity index (χ3v) is 7.72. The summed E-state index contributed by atoms with van der Waals surface area (Å²) in [6.07, 6.45) is 15.7. The molecule has 0 N–H and O–H groups in total. The van der Waals surface area contributed by atoms with E-state index < -0.39 is 5.82 Å². The predicted molar refractivity (Wildman–Crippen MR) is 140 cm³/mol. The van der Waals surface area contributed by atoms with Crippen LogP contribution >= 0.6 is 0 Å². The quantitative estimate of drug-likeness (QED) is 0.286. The van der Waals surface area contributed by atoms with Gasteiger partial charge in [0.15, 0.2) is 0 Å². The van der Waals surface area contributed by atoms with E-state index in [1.165, 1.54) is 62.6 Å². The van der Waals surface area contributed by atoms with E-state index in [4.69, 9.17) is 5.26 Å². The van der Waals surface area contributed by atoms with Gasteiger partial charge in [-0.2, -0.15) is 5.26 Å². The van der Waals surface area contributed by atoms with Gasteiger partial charge >= 0.3 is 0 Å². The van der Waals surface area contributed by atoms with E-state index in [0.29, 0.717) is 23.8 Å². The minimum atomic E-state index is -0.519. The largest absolute Gasteiger partial charge is 0.206 e. The maximum absolute atomic E-state index is 15.2. The van der Waals surface area contributed by atoms with Crippen LogP contribution in [0.2, 0.25) is 0 Å². The number of nitriles is 1. The van der Waals surface area contributed by atoms with Crippen molar-refractivity contribution in [2.75, 3.05) is 0 Å². The fourth-order valence-electron chi connectivity index (χ4n) is 5.50. The molecule has 1 saturated carbocycles. The van der Waals surface area contributed by atoms with Gasteiger partial charge in [0.2, 0.25) is 0 Å². The van der Waals surface area contributed by atoms with Gasteiger partial charge in [0, 0.05) is 5.39 Å². The smallest absolute Gasteiger partial charge is 0.141 e. The van der Waals surface area contributed by atoms with Crippen molar-refractivity contribution in [3.8, 4) is 6.07 Å². The molecule has 0 heterocycles. The van der Waals surface area contributed by atoms with Crippen molar-refractivity contribution in [3.63, 3.8) is 0 Å². The lowest BCUT2D eigenvalue weighted by atomic mass is 9.78. The van der Waals surface area contributed by atoms with Gasteiger partial charge < -0.3 is 0 Å². The van der Waals surface area contributed by atoms with Gasteiger partial charge in [-0.25, -0.2) is 8.78 Å². The Bertz CT molecular complexity index is 1210. The van der Waals surface area contributed by atoms with Gasteiger partial charge in [-0.1, -0.05) is 74.2 Å². The van der Waals surface area contributed by atoms with Gasteiger partial charge in [0.1, 0.15) is 17.7 Å². The van der Waals surface area contributed by atoms with Crippen LogP contribution in [0, 0.1) is 34.8 Å². The van der Waals surface area contributed by atoms with Gasteiger partial charge in [-0.05, 0) is 91.5 Å². The molecule has 4 rings (SSSR count). The van der Waals surface area contributed by atoms with Crippen LogP contribution in [0.1, 0.15) is 74.1 Å². The first-order valence-electron chi connectivity index (χ1n) is 13.1. The Balaban J connectivity index is 1.32. The molecule has 182 valence electrons. The second-order valence-electron chi connectivity index (χ2n) is 10.1. The van der Waals surface area contributed by atoms with Gasteiger partial charge in [0.05, 0.1) is 5.56 Å². The summed E-state index contributed by atoms with van der Waals surface area (Å²) in [7, 11) is 0. The highest BCUT2D eigenvalue weighted by molar-refractivity contribution is 5.84. The molecule has 1 nitrogen and oxygen atoms in total. The highest BCUT2D eigenvalue weighted by Crippen LogP contribution is 2.34. The van der Waals surface area contributed by atoms with E-state index in [2.05, 4.69) is 31.2 Å². The Labute approximate surface area is 208 Å². The van der Waals surface area contributed by atoms with Crippen LogP contribution in [-0.4, -0.2) is 0 Å². The van der Waals surface area contributed by atoms with Crippen LogP contribution in [0.3, 0.4) is 0 Å². The fourth-order valence-corrected chi connectivity index (χ4v) is 5.50. The zero-order valence-electron chi connectivity index (χ0n) is 20.7. The molecule has 0 radical (unpaired) electrons. The van der Waals surface area contributed by atoms with Crippen LogP contribution in [0.25, 0.3) is 10.8 Å². The third kappa shape index (κ3) is 6.57. The number of allylic oxidation sites excluding steroid dienone is 2. The van der Waals surface area contributed by atoms with Crippen molar-refractivity contribution in [1.29, 1.82) is 5.26 Å². The van der Waals surface area contributed by atoms with Crippen molar-refractivity contribution in [2.24, 2.45) is 11.8 Å². The first-order valence-corrected chi connectivity index (χ1v) is 13.1. The molecule has 1 fully saturated rings. The summed E-state index contributed by atoms with van der Waals surface area (Å²) in [5.41, 5.74) is 2.73. The monoisotopic (exact) mass is 471 g/mol. The lowest BCUT2D eigenvalue weighted by Crippen LogP contribution is -2.15. The Morgan fingerprint density at radius 2 is 1.57 bits per heavy atom. The first kappa shape index (κ1) is 25.1. The van der Waals surface area contributed by atoms with Crippen LogP contribution in [0.4, 0.5) is 8.78 Å². The van der Waals surface area contributed by atoms with Crippen molar-refractivity contribution < 1.29 is 8.78 Å². The predicted octanol–water partition coefficient (Wildman–Crippen LogP) is 8.87. The Hall–Kier alpha value is -2.99. The molecule has 3 aromatic carbocycles. The molecule has 35 heavy (non-hydrogen) atoms. The molecule has 0 unspecified atom stereocenters. The molecule has 0 amide bonds. The van der Waals surface area contributed by atoms with Gasteiger partial charge in [0.25, 0.3) is 0 Å². The van der Waals surface area contributed by atoms with Crippen LogP contribution in [-0.2, 0) is 19.3 Å². The number of benzene rings is 3. The summed E-state index contributed by atoms with van der Waals surface area (Å²) in [4.78, 5) is 0. The number of halogens is 2. The maximum Gasteiger partial charge on any atom is 0.141 e. The lowest BCUT2D eigenvalue weighted by Gasteiger charge is -2.28. The van der Waals surface area contributed by atoms with E-state index in [0.717, 1.165) is 29.2 Å². The normalized spacial score (nSPS) is 18.2. The highest BCUT2D eigenvalue weighted by atomic mass is 19.1. The molecule has 3 aromatic rings. The van der Waals surface area contributed by atoms with Crippen molar-refractivity contribution in [3.05, 3.63) is 94.6 Å². The minimum absolute atomic E-state index is 0.0363. The topological polar surface area (TPSA) is 23.8 Å². The van der Waals surface area contributed by atoms with Crippen LogP contribution < -0.4 is 0 Å². The Kier molecular flexibility index (Phi) is 8.69.